The molecule has 2 aliphatic rings. The molecular formula is C19H27BrIN2OP. The predicted molar refractivity (Wildman–Crippen MR) is 119 cm³/mol. The molecular weight excluding hydrogens is 510 g/mol. The van der Waals surface area contributed by atoms with E-state index in [2.05, 4.69) is 93.7 Å². The molecule has 2 fully saturated rings. The second-order valence-electron chi connectivity index (χ2n) is 7.34. The van der Waals surface area contributed by atoms with Gasteiger partial charge in [0.25, 0.3) is 0 Å². The lowest BCUT2D eigenvalue weighted by Gasteiger charge is -2.32. The number of likely N-dealkylation sites (N-methyl/N-ethyl adjacent to an activating group) is 2. The van der Waals surface area contributed by atoms with Crippen molar-refractivity contribution in [1.82, 2.24) is 9.34 Å². The molecule has 0 radical (unpaired) electrons. The minimum atomic E-state index is -0.684. The van der Waals surface area contributed by atoms with E-state index >= 15 is 0 Å². The van der Waals surface area contributed by atoms with Crippen LogP contribution in [0.1, 0.15) is 38.2 Å². The van der Waals surface area contributed by atoms with Crippen LogP contribution in [0.5, 0.6) is 0 Å². The molecule has 25 heavy (non-hydrogen) atoms. The van der Waals surface area contributed by atoms with Crippen molar-refractivity contribution in [1.29, 1.82) is 0 Å². The van der Waals surface area contributed by atoms with E-state index < -0.39 is 8.45 Å². The van der Waals surface area contributed by atoms with Crippen molar-refractivity contribution < 1.29 is 4.52 Å². The number of rotatable bonds is 5. The van der Waals surface area contributed by atoms with Gasteiger partial charge in [-0.3, -0.25) is 0 Å². The summed E-state index contributed by atoms with van der Waals surface area (Å²) in [4.78, 5) is 0. The lowest BCUT2D eigenvalue weighted by Crippen LogP contribution is -2.37. The molecule has 0 spiro atoms. The summed E-state index contributed by atoms with van der Waals surface area (Å²) < 4.78 is 13.9. The van der Waals surface area contributed by atoms with E-state index in [0.29, 0.717) is 18.7 Å². The van der Waals surface area contributed by atoms with Crippen LogP contribution in [0.3, 0.4) is 0 Å². The molecule has 0 amide bonds. The van der Waals surface area contributed by atoms with Crippen molar-refractivity contribution in [2.24, 2.45) is 0 Å². The first-order valence-electron chi connectivity index (χ1n) is 8.85. The molecule has 1 aliphatic heterocycles. The maximum absolute atomic E-state index is 6.53. The first kappa shape index (κ1) is 20.2. The van der Waals surface area contributed by atoms with E-state index in [1.807, 2.05) is 6.08 Å². The Morgan fingerprint density at radius 1 is 1.32 bits per heavy atom. The van der Waals surface area contributed by atoms with Gasteiger partial charge < -0.3 is 4.52 Å². The van der Waals surface area contributed by atoms with Gasteiger partial charge in [-0.1, -0.05) is 25.0 Å². The van der Waals surface area contributed by atoms with E-state index in [0.717, 1.165) is 4.47 Å². The molecule has 138 valence electrons. The molecule has 3 rings (SSSR count). The molecule has 6 heteroatoms. The fourth-order valence-electron chi connectivity index (χ4n) is 3.93. The first-order chi connectivity index (χ1) is 11.9. The molecule has 1 aromatic carbocycles. The molecule has 1 saturated heterocycles. The Labute approximate surface area is 175 Å². The van der Waals surface area contributed by atoms with Crippen LogP contribution >= 0.6 is 47.0 Å². The number of nitrogens with zero attached hydrogens (tertiary/aromatic N) is 2. The van der Waals surface area contributed by atoms with Crippen LogP contribution in [-0.4, -0.2) is 42.1 Å². The summed E-state index contributed by atoms with van der Waals surface area (Å²) in [7, 11) is 3.80. The van der Waals surface area contributed by atoms with Gasteiger partial charge in [-0.15, -0.1) is 6.58 Å². The predicted octanol–water partition coefficient (Wildman–Crippen LogP) is 5.93. The van der Waals surface area contributed by atoms with Gasteiger partial charge in [-0.25, -0.2) is 9.34 Å². The summed E-state index contributed by atoms with van der Waals surface area (Å²) in [5.41, 5.74) is 1.07. The summed E-state index contributed by atoms with van der Waals surface area (Å²) in [6.07, 6.45) is 7.34. The van der Waals surface area contributed by atoms with Gasteiger partial charge in [0, 0.05) is 25.5 Å². The van der Waals surface area contributed by atoms with Gasteiger partial charge in [0.2, 0.25) is 0 Å². The lowest BCUT2D eigenvalue weighted by atomic mass is 9.84. The van der Waals surface area contributed by atoms with Gasteiger partial charge >= 0.3 is 0 Å². The van der Waals surface area contributed by atoms with E-state index in [1.54, 1.807) is 0 Å². The van der Waals surface area contributed by atoms with Crippen LogP contribution in [0.15, 0.2) is 35.3 Å². The third-order valence-corrected chi connectivity index (χ3v) is 10.1. The van der Waals surface area contributed by atoms with Crippen molar-refractivity contribution in [3.05, 3.63) is 44.5 Å². The van der Waals surface area contributed by atoms with Crippen LogP contribution in [0, 0.1) is 3.57 Å². The molecule has 3 nitrogen and oxygen atoms in total. The number of halogens is 2. The molecule has 0 unspecified atom stereocenters. The summed E-state index contributed by atoms with van der Waals surface area (Å²) in [6, 6.07) is 7.84. The van der Waals surface area contributed by atoms with Crippen molar-refractivity contribution in [3.8, 4) is 0 Å². The molecule has 1 saturated carbocycles. The van der Waals surface area contributed by atoms with E-state index in [4.69, 9.17) is 4.52 Å². The fourth-order valence-corrected chi connectivity index (χ4v) is 6.93. The Bertz CT molecular complexity index is 628. The van der Waals surface area contributed by atoms with Crippen molar-refractivity contribution in [2.45, 2.75) is 50.1 Å². The van der Waals surface area contributed by atoms with E-state index in [1.165, 1.54) is 34.8 Å². The molecule has 1 heterocycles. The van der Waals surface area contributed by atoms with Gasteiger partial charge in [0.1, 0.15) is 0 Å². The lowest BCUT2D eigenvalue weighted by molar-refractivity contribution is 0.233. The van der Waals surface area contributed by atoms with Crippen LogP contribution in [0.25, 0.3) is 0 Å². The second-order valence-corrected chi connectivity index (χ2v) is 11.4. The highest BCUT2D eigenvalue weighted by Crippen LogP contribution is 2.56. The normalized spacial score (nSPS) is 27.9. The second kappa shape index (κ2) is 8.24. The third kappa shape index (κ3) is 4.02. The average molecular weight is 537 g/mol. The highest BCUT2D eigenvalue weighted by molar-refractivity contribution is 14.1. The summed E-state index contributed by atoms with van der Waals surface area (Å²) in [6.45, 7) is 6.98. The summed E-state index contributed by atoms with van der Waals surface area (Å²) in [5.74, 6) is 0. The standard InChI is InChI=1S/C19H27BrIN2OP/c1-5-19(2,14-10-11-15(20)16(21)12-14)13-24-25-22(3)17-8-6-7-9-18(17)23(25)4/h5,10-12,17-18H,1,6-9,13H2,2-4H3/t17-,18-,19+/m1/s1. The molecule has 0 bridgehead atoms. The summed E-state index contributed by atoms with van der Waals surface area (Å²) in [5, 5.41) is 0. The Kier molecular flexibility index (Phi) is 6.66. The Morgan fingerprint density at radius 2 is 1.92 bits per heavy atom. The Balaban J connectivity index is 1.74. The fraction of sp³-hybridized carbons (Fsp3) is 0.579. The highest BCUT2D eigenvalue weighted by Gasteiger charge is 2.46. The molecule has 0 N–H and O–H groups in total. The molecule has 1 aromatic rings. The quantitative estimate of drug-likeness (QED) is 0.263. The zero-order valence-electron chi connectivity index (χ0n) is 15.2. The Morgan fingerprint density at radius 3 is 2.44 bits per heavy atom. The third-order valence-electron chi connectivity index (χ3n) is 5.70. The topological polar surface area (TPSA) is 15.7 Å². The zero-order valence-corrected chi connectivity index (χ0v) is 19.9. The summed E-state index contributed by atoms with van der Waals surface area (Å²) >= 11 is 5.95. The van der Waals surface area contributed by atoms with Crippen molar-refractivity contribution >= 4 is 47.0 Å². The molecule has 0 aromatic heterocycles. The van der Waals surface area contributed by atoms with Crippen LogP contribution < -0.4 is 0 Å². The number of hydrogen-bond donors (Lipinski definition) is 0. The van der Waals surface area contributed by atoms with Crippen LogP contribution in [0.4, 0.5) is 0 Å². The maximum atomic E-state index is 6.53. The molecule has 1 aliphatic carbocycles. The number of benzene rings is 1. The Hall–Kier alpha value is 0.480. The molecule has 3 atom stereocenters. The van der Waals surface area contributed by atoms with Gasteiger partial charge in [0.05, 0.1) is 6.61 Å². The zero-order chi connectivity index (χ0) is 18.2. The minimum absolute atomic E-state index is 0.182. The van der Waals surface area contributed by atoms with Gasteiger partial charge in [-0.2, -0.15) is 0 Å². The largest absolute Gasteiger partial charge is 0.330 e. The SMILES string of the molecule is C=C[C@@](C)(COP1N(C)[C@@H]2CCCC[C@H]2N1C)c1ccc(Br)c(I)c1. The highest BCUT2D eigenvalue weighted by atomic mass is 127. The maximum Gasteiger partial charge on any atom is 0.188 e. The van der Waals surface area contributed by atoms with Gasteiger partial charge in [-0.05, 0) is 90.1 Å². The monoisotopic (exact) mass is 536 g/mol. The van der Waals surface area contributed by atoms with Crippen LogP contribution in [0.2, 0.25) is 0 Å². The minimum Gasteiger partial charge on any atom is -0.330 e. The first-order valence-corrected chi connectivity index (χ1v) is 11.9. The smallest absolute Gasteiger partial charge is 0.188 e. The van der Waals surface area contributed by atoms with Crippen LogP contribution in [-0.2, 0) is 9.94 Å². The van der Waals surface area contributed by atoms with Gasteiger partial charge in [0.15, 0.2) is 8.45 Å². The van der Waals surface area contributed by atoms with Crippen molar-refractivity contribution in [2.75, 3.05) is 20.7 Å². The van der Waals surface area contributed by atoms with E-state index in [-0.39, 0.29) is 5.41 Å². The average Bonchev–Trinajstić information content (AvgIpc) is 2.86. The number of hydrogen-bond acceptors (Lipinski definition) is 3. The number of fused-ring (bicyclic) bond motifs is 1. The van der Waals surface area contributed by atoms with E-state index in [9.17, 15) is 0 Å². The van der Waals surface area contributed by atoms with Crippen molar-refractivity contribution in [3.63, 3.8) is 0 Å².